The van der Waals surface area contributed by atoms with Gasteiger partial charge < -0.3 is 9.13 Å². The molecular formula is C14H15ClN4. The number of benzene rings is 1. The highest BCUT2D eigenvalue weighted by atomic mass is 35.5. The third-order valence-electron chi connectivity index (χ3n) is 3.31. The van der Waals surface area contributed by atoms with Crippen LogP contribution in [-0.4, -0.2) is 19.1 Å². The molecule has 98 valence electrons. The Morgan fingerprint density at radius 2 is 2.16 bits per heavy atom. The van der Waals surface area contributed by atoms with Crippen LogP contribution in [0.5, 0.6) is 0 Å². The third kappa shape index (κ3) is 2.24. The molecule has 2 heterocycles. The van der Waals surface area contributed by atoms with Crippen molar-refractivity contribution in [3.05, 3.63) is 48.3 Å². The SMILES string of the molecule is Cc1cccc2nc(CCl)n(CCn3ccnc3)c12. The van der Waals surface area contributed by atoms with Gasteiger partial charge in [0.15, 0.2) is 0 Å². The lowest BCUT2D eigenvalue weighted by molar-refractivity contribution is 0.576. The second-order valence-corrected chi connectivity index (χ2v) is 4.82. The predicted molar refractivity (Wildman–Crippen MR) is 76.3 cm³/mol. The van der Waals surface area contributed by atoms with Gasteiger partial charge in [-0.05, 0) is 18.6 Å². The van der Waals surface area contributed by atoms with Crippen molar-refractivity contribution in [3.63, 3.8) is 0 Å². The zero-order chi connectivity index (χ0) is 13.2. The van der Waals surface area contributed by atoms with Gasteiger partial charge in [-0.3, -0.25) is 0 Å². The molecule has 0 spiro atoms. The van der Waals surface area contributed by atoms with Crippen LogP contribution >= 0.6 is 11.6 Å². The molecule has 0 aliphatic rings. The molecule has 0 saturated heterocycles. The molecule has 0 aliphatic carbocycles. The lowest BCUT2D eigenvalue weighted by Crippen LogP contribution is -2.09. The van der Waals surface area contributed by atoms with Crippen molar-refractivity contribution in [1.82, 2.24) is 19.1 Å². The number of aromatic nitrogens is 4. The van der Waals surface area contributed by atoms with Gasteiger partial charge in [0.2, 0.25) is 0 Å². The number of rotatable bonds is 4. The Morgan fingerprint density at radius 3 is 2.89 bits per heavy atom. The Kier molecular flexibility index (Phi) is 3.25. The molecule has 0 fully saturated rings. The average Bonchev–Trinajstić information content (AvgIpc) is 3.03. The maximum Gasteiger partial charge on any atom is 0.124 e. The Hall–Kier alpha value is -1.81. The first kappa shape index (κ1) is 12.2. The molecule has 2 aromatic heterocycles. The molecule has 0 bridgehead atoms. The number of fused-ring (bicyclic) bond motifs is 1. The highest BCUT2D eigenvalue weighted by Gasteiger charge is 2.11. The molecule has 1 aromatic carbocycles. The van der Waals surface area contributed by atoms with Gasteiger partial charge in [0.05, 0.1) is 23.2 Å². The molecule has 5 heteroatoms. The topological polar surface area (TPSA) is 35.6 Å². The summed E-state index contributed by atoms with van der Waals surface area (Å²) in [6.45, 7) is 3.82. The van der Waals surface area contributed by atoms with E-state index in [2.05, 4.69) is 32.1 Å². The lowest BCUT2D eigenvalue weighted by atomic mass is 10.2. The van der Waals surface area contributed by atoms with Crippen LogP contribution in [0, 0.1) is 6.92 Å². The summed E-state index contributed by atoms with van der Waals surface area (Å²) in [7, 11) is 0. The monoisotopic (exact) mass is 274 g/mol. The number of hydrogen-bond acceptors (Lipinski definition) is 2. The summed E-state index contributed by atoms with van der Waals surface area (Å²) in [4.78, 5) is 8.65. The summed E-state index contributed by atoms with van der Waals surface area (Å²) in [5.41, 5.74) is 3.42. The maximum absolute atomic E-state index is 6.01. The van der Waals surface area contributed by atoms with Gasteiger partial charge >= 0.3 is 0 Å². The molecule has 19 heavy (non-hydrogen) atoms. The van der Waals surface area contributed by atoms with Gasteiger partial charge in [-0.1, -0.05) is 12.1 Å². The van der Waals surface area contributed by atoms with E-state index in [1.807, 2.05) is 24.7 Å². The second kappa shape index (κ2) is 5.05. The molecule has 3 aromatic rings. The Labute approximate surface area is 116 Å². The standard InChI is InChI=1S/C14H15ClN4/c1-11-3-2-4-12-14(11)19(13(9-15)17-12)8-7-18-6-5-16-10-18/h2-6,10H,7-9H2,1H3. The predicted octanol–water partition coefficient (Wildman–Crippen LogP) is 2.98. The van der Waals surface area contributed by atoms with Crippen molar-refractivity contribution >= 4 is 22.6 Å². The number of halogens is 1. The number of para-hydroxylation sites is 1. The van der Waals surface area contributed by atoms with Crippen molar-refractivity contribution in [2.45, 2.75) is 25.9 Å². The molecule has 0 radical (unpaired) electrons. The van der Waals surface area contributed by atoms with Gasteiger partial charge in [0, 0.05) is 25.5 Å². The van der Waals surface area contributed by atoms with E-state index < -0.39 is 0 Å². The van der Waals surface area contributed by atoms with Crippen molar-refractivity contribution in [1.29, 1.82) is 0 Å². The summed E-state index contributed by atoms with van der Waals surface area (Å²) in [6.07, 6.45) is 5.58. The van der Waals surface area contributed by atoms with Gasteiger partial charge in [-0.2, -0.15) is 0 Å². The van der Waals surface area contributed by atoms with Crippen LogP contribution in [0.15, 0.2) is 36.9 Å². The normalized spacial score (nSPS) is 11.3. The summed E-state index contributed by atoms with van der Waals surface area (Å²) >= 11 is 6.01. The van der Waals surface area contributed by atoms with Gasteiger partial charge in [0.1, 0.15) is 5.82 Å². The van der Waals surface area contributed by atoms with E-state index in [4.69, 9.17) is 11.6 Å². The van der Waals surface area contributed by atoms with Gasteiger partial charge in [-0.25, -0.2) is 9.97 Å². The van der Waals surface area contributed by atoms with E-state index in [0.717, 1.165) is 24.4 Å². The summed E-state index contributed by atoms with van der Waals surface area (Å²) in [5, 5.41) is 0. The van der Waals surface area contributed by atoms with E-state index in [-0.39, 0.29) is 0 Å². The highest BCUT2D eigenvalue weighted by Crippen LogP contribution is 2.21. The number of hydrogen-bond donors (Lipinski definition) is 0. The summed E-state index contributed by atoms with van der Waals surface area (Å²) in [6, 6.07) is 6.17. The number of nitrogens with zero attached hydrogens (tertiary/aromatic N) is 4. The van der Waals surface area contributed by atoms with E-state index in [0.29, 0.717) is 5.88 Å². The summed E-state index contributed by atoms with van der Waals surface area (Å²) in [5.74, 6) is 1.35. The molecule has 0 atom stereocenters. The highest BCUT2D eigenvalue weighted by molar-refractivity contribution is 6.16. The first-order valence-corrected chi connectivity index (χ1v) is 6.79. The third-order valence-corrected chi connectivity index (χ3v) is 3.55. The number of alkyl halides is 1. The van der Waals surface area contributed by atoms with Crippen LogP contribution in [0.3, 0.4) is 0 Å². The Bertz CT molecular complexity index is 685. The van der Waals surface area contributed by atoms with E-state index in [9.17, 15) is 0 Å². The molecular weight excluding hydrogens is 260 g/mol. The van der Waals surface area contributed by atoms with Crippen LogP contribution in [-0.2, 0) is 19.0 Å². The van der Waals surface area contributed by atoms with E-state index in [1.165, 1.54) is 11.1 Å². The number of aryl methyl sites for hydroxylation is 3. The largest absolute Gasteiger partial charge is 0.336 e. The van der Waals surface area contributed by atoms with E-state index >= 15 is 0 Å². The van der Waals surface area contributed by atoms with Crippen LogP contribution in [0.1, 0.15) is 11.4 Å². The molecule has 0 unspecified atom stereocenters. The van der Waals surface area contributed by atoms with Crippen LogP contribution in [0.25, 0.3) is 11.0 Å². The zero-order valence-corrected chi connectivity index (χ0v) is 11.5. The molecule has 4 nitrogen and oxygen atoms in total. The van der Waals surface area contributed by atoms with Crippen LogP contribution in [0.2, 0.25) is 0 Å². The second-order valence-electron chi connectivity index (χ2n) is 4.56. The zero-order valence-electron chi connectivity index (χ0n) is 10.8. The van der Waals surface area contributed by atoms with Crippen molar-refractivity contribution in [3.8, 4) is 0 Å². The maximum atomic E-state index is 6.01. The van der Waals surface area contributed by atoms with Crippen molar-refractivity contribution in [2.75, 3.05) is 0 Å². The Balaban J connectivity index is 2.00. The quantitative estimate of drug-likeness (QED) is 0.686. The lowest BCUT2D eigenvalue weighted by Gasteiger charge is -2.09. The average molecular weight is 275 g/mol. The molecule has 0 aliphatic heterocycles. The van der Waals surface area contributed by atoms with Gasteiger partial charge in [-0.15, -0.1) is 11.6 Å². The van der Waals surface area contributed by atoms with Crippen molar-refractivity contribution in [2.24, 2.45) is 0 Å². The molecule has 0 saturated carbocycles. The fourth-order valence-electron chi connectivity index (χ4n) is 2.39. The minimum atomic E-state index is 0.429. The molecule has 0 N–H and O–H groups in total. The van der Waals surface area contributed by atoms with E-state index in [1.54, 1.807) is 6.20 Å². The fraction of sp³-hybridized carbons (Fsp3) is 0.286. The smallest absolute Gasteiger partial charge is 0.124 e. The van der Waals surface area contributed by atoms with Gasteiger partial charge in [0.25, 0.3) is 0 Å². The fourth-order valence-corrected chi connectivity index (χ4v) is 2.59. The van der Waals surface area contributed by atoms with Crippen molar-refractivity contribution < 1.29 is 0 Å². The first-order valence-electron chi connectivity index (χ1n) is 6.26. The van der Waals surface area contributed by atoms with Crippen LogP contribution in [0.4, 0.5) is 0 Å². The molecule has 0 amide bonds. The minimum absolute atomic E-state index is 0.429. The Morgan fingerprint density at radius 1 is 1.26 bits per heavy atom. The minimum Gasteiger partial charge on any atom is -0.336 e. The summed E-state index contributed by atoms with van der Waals surface area (Å²) < 4.78 is 4.26. The number of imidazole rings is 2. The first-order chi connectivity index (χ1) is 9.29. The van der Waals surface area contributed by atoms with Crippen LogP contribution < -0.4 is 0 Å². The molecule has 3 rings (SSSR count).